The summed E-state index contributed by atoms with van der Waals surface area (Å²) in [5, 5.41) is 1.37. The summed E-state index contributed by atoms with van der Waals surface area (Å²) in [6.45, 7) is 4.01. The normalized spacial score (nSPS) is 20.6. The lowest BCUT2D eigenvalue weighted by Gasteiger charge is -2.42. The van der Waals surface area contributed by atoms with Crippen LogP contribution < -0.4 is 10.6 Å². The molecule has 0 aromatic heterocycles. The number of thioether (sulfide) groups is 1. The molecule has 0 atom stereocenters. The Morgan fingerprint density at radius 3 is 2.85 bits per heavy atom. The molecule has 2 aliphatic rings. The molecule has 0 aliphatic carbocycles. The van der Waals surface area contributed by atoms with Gasteiger partial charge in [0.15, 0.2) is 0 Å². The van der Waals surface area contributed by atoms with E-state index in [0.717, 1.165) is 28.4 Å². The number of nitrogens with two attached hydrogens (primary N) is 1. The van der Waals surface area contributed by atoms with Crippen molar-refractivity contribution in [1.29, 1.82) is 0 Å². The fourth-order valence-electron chi connectivity index (χ4n) is 2.72. The van der Waals surface area contributed by atoms with E-state index in [4.69, 9.17) is 10.6 Å². The molecule has 1 amide bonds. The molecule has 1 aromatic carbocycles. The Hall–Kier alpha value is -1.46. The van der Waals surface area contributed by atoms with Crippen LogP contribution in [0.5, 0.6) is 5.75 Å². The fraction of sp³-hybridized carbons (Fsp3) is 0.400. The van der Waals surface area contributed by atoms with Crippen LogP contribution in [-0.2, 0) is 11.2 Å². The van der Waals surface area contributed by atoms with Crippen molar-refractivity contribution in [3.8, 4) is 5.75 Å². The third kappa shape index (κ3) is 2.01. The van der Waals surface area contributed by atoms with Crippen molar-refractivity contribution < 1.29 is 9.53 Å². The molecule has 0 fully saturated rings. The van der Waals surface area contributed by atoms with Crippen molar-refractivity contribution in [2.75, 3.05) is 7.11 Å². The van der Waals surface area contributed by atoms with Crippen molar-refractivity contribution in [2.24, 2.45) is 5.84 Å². The first kappa shape index (κ1) is 13.5. The van der Waals surface area contributed by atoms with Gasteiger partial charge in [-0.2, -0.15) is 0 Å². The first-order chi connectivity index (χ1) is 9.42. The molecule has 2 N–H and O–H groups in total. The SMILES string of the molecule is COc1ccc2c(c1)SC1=C(C2)CC(C)(C)N(N)C1=O. The molecule has 0 unspecified atom stereocenters. The smallest absolute Gasteiger partial charge is 0.275 e. The largest absolute Gasteiger partial charge is 0.497 e. The number of benzene rings is 1. The molecule has 0 bridgehead atoms. The van der Waals surface area contributed by atoms with Crippen LogP contribution in [0.25, 0.3) is 0 Å². The Bertz CT molecular complexity index is 622. The minimum Gasteiger partial charge on any atom is -0.497 e. The molecule has 0 saturated carbocycles. The molecule has 3 rings (SSSR count). The maximum absolute atomic E-state index is 12.4. The lowest BCUT2D eigenvalue weighted by molar-refractivity contribution is -0.133. The third-order valence-corrected chi connectivity index (χ3v) is 5.19. The van der Waals surface area contributed by atoms with Gasteiger partial charge in [-0.25, -0.2) is 5.84 Å². The van der Waals surface area contributed by atoms with E-state index < -0.39 is 0 Å². The van der Waals surface area contributed by atoms with Crippen LogP contribution in [0.15, 0.2) is 33.6 Å². The number of rotatable bonds is 1. The molecule has 5 heteroatoms. The van der Waals surface area contributed by atoms with Crippen LogP contribution in [-0.4, -0.2) is 23.6 Å². The van der Waals surface area contributed by atoms with Gasteiger partial charge in [0.05, 0.1) is 17.6 Å². The summed E-state index contributed by atoms with van der Waals surface area (Å²) in [6, 6.07) is 6.03. The van der Waals surface area contributed by atoms with Gasteiger partial charge >= 0.3 is 0 Å². The average molecular weight is 290 g/mol. The van der Waals surface area contributed by atoms with E-state index in [1.54, 1.807) is 7.11 Å². The van der Waals surface area contributed by atoms with Crippen LogP contribution in [0.3, 0.4) is 0 Å². The summed E-state index contributed by atoms with van der Waals surface area (Å²) >= 11 is 1.51. The predicted molar refractivity (Wildman–Crippen MR) is 79.3 cm³/mol. The van der Waals surface area contributed by atoms with E-state index >= 15 is 0 Å². The highest BCUT2D eigenvalue weighted by Crippen LogP contribution is 2.45. The number of ether oxygens (including phenoxy) is 1. The first-order valence-corrected chi connectivity index (χ1v) is 7.40. The number of fused-ring (bicyclic) bond motifs is 1. The van der Waals surface area contributed by atoms with E-state index in [1.165, 1.54) is 27.9 Å². The highest BCUT2D eigenvalue weighted by atomic mass is 32.2. The van der Waals surface area contributed by atoms with Crippen LogP contribution in [0.1, 0.15) is 25.8 Å². The zero-order valence-electron chi connectivity index (χ0n) is 11.9. The minimum absolute atomic E-state index is 0.0743. The molecule has 4 nitrogen and oxygen atoms in total. The molecule has 1 aromatic rings. The predicted octanol–water partition coefficient (Wildman–Crippen LogP) is 2.48. The Morgan fingerprint density at radius 2 is 2.15 bits per heavy atom. The zero-order chi connectivity index (χ0) is 14.5. The minimum atomic E-state index is -0.319. The van der Waals surface area contributed by atoms with E-state index in [9.17, 15) is 4.79 Å². The molecule has 20 heavy (non-hydrogen) atoms. The van der Waals surface area contributed by atoms with E-state index in [2.05, 4.69) is 6.07 Å². The van der Waals surface area contributed by atoms with Gasteiger partial charge in [0.25, 0.3) is 5.91 Å². The summed E-state index contributed by atoms with van der Waals surface area (Å²) in [6.07, 6.45) is 1.65. The summed E-state index contributed by atoms with van der Waals surface area (Å²) in [5.74, 6) is 6.69. The number of amides is 1. The van der Waals surface area contributed by atoms with Crippen molar-refractivity contribution in [2.45, 2.75) is 37.1 Å². The molecule has 0 spiro atoms. The molecule has 106 valence electrons. The standard InChI is InChI=1S/C15H18N2O2S/c1-15(2)8-10-6-9-4-5-11(19-3)7-12(9)20-13(10)14(18)17(15)16/h4-5,7H,6,8,16H2,1-3H3. The molecular weight excluding hydrogens is 272 g/mol. The first-order valence-electron chi connectivity index (χ1n) is 6.58. The van der Waals surface area contributed by atoms with Gasteiger partial charge in [0, 0.05) is 4.90 Å². The molecule has 2 heterocycles. The quantitative estimate of drug-likeness (QED) is 0.638. The van der Waals surface area contributed by atoms with Gasteiger partial charge in [-0.15, -0.1) is 0 Å². The lowest BCUT2D eigenvalue weighted by atomic mass is 9.87. The molecule has 0 saturated heterocycles. The maximum Gasteiger partial charge on any atom is 0.275 e. The Balaban J connectivity index is 2.01. The number of hydrogen-bond donors (Lipinski definition) is 1. The number of hydrazine groups is 1. The Labute approximate surface area is 122 Å². The molecule has 2 aliphatic heterocycles. The second kappa shape index (κ2) is 4.53. The van der Waals surface area contributed by atoms with Crippen molar-refractivity contribution in [3.63, 3.8) is 0 Å². The second-order valence-corrected chi connectivity index (χ2v) is 6.90. The van der Waals surface area contributed by atoms with Crippen LogP contribution in [0.2, 0.25) is 0 Å². The van der Waals surface area contributed by atoms with Gasteiger partial charge in [0.1, 0.15) is 5.75 Å². The van der Waals surface area contributed by atoms with E-state index in [-0.39, 0.29) is 11.4 Å². The summed E-state index contributed by atoms with van der Waals surface area (Å²) < 4.78 is 5.25. The third-order valence-electron chi connectivity index (χ3n) is 3.92. The van der Waals surface area contributed by atoms with Gasteiger partial charge in [-0.1, -0.05) is 17.8 Å². The maximum atomic E-state index is 12.4. The van der Waals surface area contributed by atoms with Crippen molar-refractivity contribution in [1.82, 2.24) is 5.01 Å². The van der Waals surface area contributed by atoms with Crippen molar-refractivity contribution in [3.05, 3.63) is 34.2 Å². The number of carbonyl (C=O) groups is 1. The molecular formula is C15H18N2O2S. The van der Waals surface area contributed by atoms with Crippen LogP contribution in [0.4, 0.5) is 0 Å². The van der Waals surface area contributed by atoms with Gasteiger partial charge < -0.3 is 4.74 Å². The second-order valence-electron chi connectivity index (χ2n) is 5.85. The van der Waals surface area contributed by atoms with Gasteiger partial charge in [-0.3, -0.25) is 9.80 Å². The van der Waals surface area contributed by atoms with Gasteiger partial charge in [-0.05, 0) is 50.0 Å². The number of nitrogens with zero attached hydrogens (tertiary/aromatic N) is 1. The molecule has 0 radical (unpaired) electrons. The van der Waals surface area contributed by atoms with Gasteiger partial charge in [0.2, 0.25) is 0 Å². The van der Waals surface area contributed by atoms with Crippen LogP contribution >= 0.6 is 11.8 Å². The van der Waals surface area contributed by atoms with E-state index in [0.29, 0.717) is 0 Å². The topological polar surface area (TPSA) is 55.6 Å². The Kier molecular flexibility index (Phi) is 3.06. The summed E-state index contributed by atoms with van der Waals surface area (Å²) in [4.78, 5) is 14.3. The monoisotopic (exact) mass is 290 g/mol. The average Bonchev–Trinajstić information content (AvgIpc) is 2.42. The zero-order valence-corrected chi connectivity index (χ0v) is 12.7. The van der Waals surface area contributed by atoms with Crippen LogP contribution in [0, 0.1) is 0 Å². The highest BCUT2D eigenvalue weighted by molar-refractivity contribution is 8.04. The number of methoxy groups -OCH3 is 1. The lowest BCUT2D eigenvalue weighted by Crippen LogP contribution is -2.55. The fourth-order valence-corrected chi connectivity index (χ4v) is 3.87. The number of hydrogen-bond acceptors (Lipinski definition) is 4. The summed E-state index contributed by atoms with van der Waals surface area (Å²) in [5.41, 5.74) is 2.13. The highest BCUT2D eigenvalue weighted by Gasteiger charge is 2.40. The summed E-state index contributed by atoms with van der Waals surface area (Å²) in [7, 11) is 1.65. The van der Waals surface area contributed by atoms with E-state index in [1.807, 2.05) is 26.0 Å². The number of carbonyl (C=O) groups excluding carboxylic acids is 1. The van der Waals surface area contributed by atoms with Crippen molar-refractivity contribution >= 4 is 17.7 Å². The Morgan fingerprint density at radius 1 is 1.40 bits per heavy atom.